The molecule has 2 rings (SSSR count). The molecule has 0 N–H and O–H groups in total. The van der Waals surface area contributed by atoms with Crippen LogP contribution >= 0.6 is 0 Å². The summed E-state index contributed by atoms with van der Waals surface area (Å²) in [4.78, 5) is 22.9. The van der Waals surface area contributed by atoms with Crippen molar-refractivity contribution in [2.75, 3.05) is 13.7 Å². The van der Waals surface area contributed by atoms with Gasteiger partial charge in [-0.05, 0) is 33.1 Å². The van der Waals surface area contributed by atoms with Gasteiger partial charge in [-0.2, -0.15) is 0 Å². The van der Waals surface area contributed by atoms with Crippen LogP contribution in [0.5, 0.6) is 0 Å². The molecule has 2 unspecified atom stereocenters. The standard InChI is InChI=1S/C15H24O6/c1-5-12(16)20-11-8-10(6-7-14(11,2)18-4)15(3)9-19-13(17)21-15/h10-11H,5-9H2,1-4H3/t10?,11-,14-,15?/m0/s1. The first kappa shape index (κ1) is 16.1. The molecule has 120 valence electrons. The third-order valence-electron chi connectivity index (χ3n) is 4.85. The zero-order chi connectivity index (χ0) is 15.7. The Kier molecular flexibility index (Phi) is 4.46. The van der Waals surface area contributed by atoms with Crippen LogP contribution in [-0.2, 0) is 23.7 Å². The fourth-order valence-electron chi connectivity index (χ4n) is 3.10. The van der Waals surface area contributed by atoms with Crippen LogP contribution in [0.4, 0.5) is 4.79 Å². The number of carbonyl (C=O) groups excluding carboxylic acids is 2. The fourth-order valence-corrected chi connectivity index (χ4v) is 3.10. The maximum atomic E-state index is 11.7. The highest BCUT2D eigenvalue weighted by Crippen LogP contribution is 2.43. The molecule has 6 nitrogen and oxygen atoms in total. The first-order valence-corrected chi connectivity index (χ1v) is 7.43. The zero-order valence-corrected chi connectivity index (χ0v) is 13.1. The third kappa shape index (κ3) is 3.15. The summed E-state index contributed by atoms with van der Waals surface area (Å²) in [5.41, 5.74) is -1.15. The van der Waals surface area contributed by atoms with E-state index in [2.05, 4.69) is 0 Å². The second-order valence-corrected chi connectivity index (χ2v) is 6.27. The van der Waals surface area contributed by atoms with Crippen molar-refractivity contribution in [3.8, 4) is 0 Å². The van der Waals surface area contributed by atoms with E-state index in [-0.39, 0.29) is 24.6 Å². The van der Waals surface area contributed by atoms with Gasteiger partial charge in [-0.25, -0.2) is 4.79 Å². The van der Waals surface area contributed by atoms with Crippen LogP contribution in [0.1, 0.15) is 46.5 Å². The Labute approximate surface area is 125 Å². The smallest absolute Gasteiger partial charge is 0.459 e. The lowest BCUT2D eigenvalue weighted by molar-refractivity contribution is -0.183. The summed E-state index contributed by atoms with van der Waals surface area (Å²) in [6.45, 7) is 5.84. The molecule has 1 aliphatic carbocycles. The quantitative estimate of drug-likeness (QED) is 0.743. The van der Waals surface area contributed by atoms with Crippen LogP contribution in [0.15, 0.2) is 0 Å². The molecule has 0 bridgehead atoms. The van der Waals surface area contributed by atoms with Crippen LogP contribution in [0.2, 0.25) is 0 Å². The molecule has 4 atom stereocenters. The Morgan fingerprint density at radius 1 is 1.43 bits per heavy atom. The van der Waals surface area contributed by atoms with E-state index in [1.807, 2.05) is 13.8 Å². The molecule has 6 heteroatoms. The van der Waals surface area contributed by atoms with Gasteiger partial charge in [-0.1, -0.05) is 6.92 Å². The molecule has 1 saturated heterocycles. The summed E-state index contributed by atoms with van der Waals surface area (Å²) >= 11 is 0. The van der Waals surface area contributed by atoms with E-state index in [1.165, 1.54) is 0 Å². The number of hydrogen-bond acceptors (Lipinski definition) is 6. The Bertz CT molecular complexity index is 422. The van der Waals surface area contributed by atoms with Crippen LogP contribution in [0.25, 0.3) is 0 Å². The molecule has 21 heavy (non-hydrogen) atoms. The summed E-state index contributed by atoms with van der Waals surface area (Å²) in [7, 11) is 1.63. The Morgan fingerprint density at radius 3 is 2.67 bits per heavy atom. The lowest BCUT2D eigenvalue weighted by Crippen LogP contribution is -2.53. The average Bonchev–Trinajstić information content (AvgIpc) is 2.81. The van der Waals surface area contributed by atoms with Gasteiger partial charge in [0.2, 0.25) is 0 Å². The maximum Gasteiger partial charge on any atom is 0.509 e. The molecule has 0 radical (unpaired) electrons. The number of ether oxygens (including phenoxy) is 4. The van der Waals surface area contributed by atoms with Crippen molar-refractivity contribution < 1.29 is 28.5 Å². The number of cyclic esters (lactones) is 2. The second kappa shape index (κ2) is 5.83. The molecule has 0 amide bonds. The van der Waals surface area contributed by atoms with Gasteiger partial charge in [-0.15, -0.1) is 0 Å². The summed E-state index contributed by atoms with van der Waals surface area (Å²) in [6, 6.07) is 0. The van der Waals surface area contributed by atoms with Gasteiger partial charge in [0.25, 0.3) is 0 Å². The SMILES string of the molecule is CCC(=O)O[C@H]1CC(C2(C)COC(=O)O2)CC[C@]1(C)OC. The Hall–Kier alpha value is -1.30. The van der Waals surface area contributed by atoms with E-state index < -0.39 is 17.4 Å². The second-order valence-electron chi connectivity index (χ2n) is 6.27. The van der Waals surface area contributed by atoms with Gasteiger partial charge in [0.1, 0.15) is 23.9 Å². The molecular formula is C15H24O6. The summed E-state index contributed by atoms with van der Waals surface area (Å²) in [6.07, 6.45) is 1.53. The Morgan fingerprint density at radius 2 is 2.14 bits per heavy atom. The number of esters is 1. The molecule has 2 fully saturated rings. The third-order valence-corrected chi connectivity index (χ3v) is 4.85. The van der Waals surface area contributed by atoms with E-state index in [0.29, 0.717) is 12.8 Å². The van der Waals surface area contributed by atoms with Crippen molar-refractivity contribution in [3.63, 3.8) is 0 Å². The van der Waals surface area contributed by atoms with Crippen LogP contribution in [0, 0.1) is 5.92 Å². The van der Waals surface area contributed by atoms with E-state index >= 15 is 0 Å². The predicted octanol–water partition coefficient (Wildman–Crippen LogP) is 2.44. The average molecular weight is 300 g/mol. The molecule has 0 spiro atoms. The highest BCUT2D eigenvalue weighted by atomic mass is 16.8. The molecule has 0 aromatic heterocycles. The minimum Gasteiger partial charge on any atom is -0.459 e. The minimum atomic E-state index is -0.650. The number of rotatable bonds is 4. The van der Waals surface area contributed by atoms with Gasteiger partial charge in [0.15, 0.2) is 0 Å². The normalized spacial score (nSPS) is 39.5. The van der Waals surface area contributed by atoms with Crippen LogP contribution < -0.4 is 0 Å². The minimum absolute atomic E-state index is 0.0850. The lowest BCUT2D eigenvalue weighted by Gasteiger charge is -2.45. The van der Waals surface area contributed by atoms with E-state index in [9.17, 15) is 9.59 Å². The highest BCUT2D eigenvalue weighted by Gasteiger charge is 2.52. The molecule has 0 aromatic carbocycles. The van der Waals surface area contributed by atoms with E-state index in [1.54, 1.807) is 14.0 Å². The molecule has 2 aliphatic rings. The highest BCUT2D eigenvalue weighted by molar-refractivity contribution is 5.69. The predicted molar refractivity (Wildman–Crippen MR) is 73.8 cm³/mol. The van der Waals surface area contributed by atoms with Crippen molar-refractivity contribution in [1.82, 2.24) is 0 Å². The summed E-state index contributed by atoms with van der Waals surface area (Å²) in [5.74, 6) is -0.157. The Balaban J connectivity index is 2.11. The van der Waals surface area contributed by atoms with Gasteiger partial charge in [0.05, 0.1) is 0 Å². The van der Waals surface area contributed by atoms with E-state index in [4.69, 9.17) is 18.9 Å². The summed E-state index contributed by atoms with van der Waals surface area (Å²) in [5, 5.41) is 0. The molecule has 1 aliphatic heterocycles. The fraction of sp³-hybridized carbons (Fsp3) is 0.867. The zero-order valence-electron chi connectivity index (χ0n) is 13.1. The van der Waals surface area contributed by atoms with Crippen LogP contribution in [-0.4, -0.2) is 43.1 Å². The van der Waals surface area contributed by atoms with Crippen molar-refractivity contribution in [2.24, 2.45) is 5.92 Å². The summed E-state index contributed by atoms with van der Waals surface area (Å²) < 4.78 is 21.4. The van der Waals surface area contributed by atoms with Gasteiger partial charge >= 0.3 is 12.1 Å². The number of hydrogen-bond donors (Lipinski definition) is 0. The van der Waals surface area contributed by atoms with Crippen molar-refractivity contribution in [3.05, 3.63) is 0 Å². The first-order valence-electron chi connectivity index (χ1n) is 7.43. The van der Waals surface area contributed by atoms with Gasteiger partial charge in [0, 0.05) is 19.4 Å². The van der Waals surface area contributed by atoms with Crippen molar-refractivity contribution in [1.29, 1.82) is 0 Å². The van der Waals surface area contributed by atoms with Crippen molar-refractivity contribution >= 4 is 12.1 Å². The van der Waals surface area contributed by atoms with Crippen LogP contribution in [0.3, 0.4) is 0 Å². The molecule has 1 heterocycles. The largest absolute Gasteiger partial charge is 0.509 e. The van der Waals surface area contributed by atoms with E-state index in [0.717, 1.165) is 12.8 Å². The maximum absolute atomic E-state index is 11.7. The number of carbonyl (C=O) groups is 2. The topological polar surface area (TPSA) is 71.1 Å². The lowest BCUT2D eigenvalue weighted by atomic mass is 9.71. The molecular weight excluding hydrogens is 276 g/mol. The van der Waals surface area contributed by atoms with Gasteiger partial charge < -0.3 is 18.9 Å². The molecule has 0 aromatic rings. The monoisotopic (exact) mass is 300 g/mol. The first-order chi connectivity index (χ1) is 9.83. The van der Waals surface area contributed by atoms with Crippen molar-refractivity contribution in [2.45, 2.75) is 63.8 Å². The molecule has 1 saturated carbocycles. The number of methoxy groups -OCH3 is 1. The van der Waals surface area contributed by atoms with Gasteiger partial charge in [-0.3, -0.25) is 4.79 Å².